The van der Waals surface area contributed by atoms with E-state index >= 15 is 0 Å². The molecule has 1 atom stereocenters. The molecular formula is C13H21N3O3S. The molecule has 5 N–H and O–H groups in total. The number of rotatable bonds is 5. The van der Waals surface area contributed by atoms with Crippen molar-refractivity contribution in [1.82, 2.24) is 0 Å². The number of sulfonamides is 1. The zero-order valence-corrected chi connectivity index (χ0v) is 12.7. The molecule has 0 radical (unpaired) electrons. The largest absolute Gasteiger partial charge is 0.324 e. The third-order valence-corrected chi connectivity index (χ3v) is 3.97. The minimum Gasteiger partial charge on any atom is -0.324 e. The van der Waals surface area contributed by atoms with Crippen LogP contribution in [0.15, 0.2) is 23.1 Å². The molecule has 0 fully saturated rings. The van der Waals surface area contributed by atoms with Crippen molar-refractivity contribution in [2.45, 2.75) is 38.1 Å². The number of carbonyl (C=O) groups excluding carboxylic acids is 1. The average molecular weight is 299 g/mol. The second-order valence-electron chi connectivity index (χ2n) is 5.20. The van der Waals surface area contributed by atoms with Crippen LogP contribution in [0.4, 0.5) is 5.69 Å². The maximum absolute atomic E-state index is 11.9. The maximum atomic E-state index is 11.9. The topological polar surface area (TPSA) is 115 Å². The van der Waals surface area contributed by atoms with Gasteiger partial charge in [-0.2, -0.15) is 0 Å². The lowest BCUT2D eigenvalue weighted by atomic mass is 10.0. The second kappa shape index (κ2) is 6.34. The number of hydrogen-bond acceptors (Lipinski definition) is 4. The monoisotopic (exact) mass is 299 g/mol. The van der Waals surface area contributed by atoms with Crippen molar-refractivity contribution >= 4 is 21.6 Å². The molecule has 1 aromatic rings. The first kappa shape index (κ1) is 16.6. The first-order valence-corrected chi connectivity index (χ1v) is 7.86. The van der Waals surface area contributed by atoms with Gasteiger partial charge < -0.3 is 11.1 Å². The number of hydrogen-bond donors (Lipinski definition) is 3. The first-order valence-electron chi connectivity index (χ1n) is 6.31. The third-order valence-electron chi connectivity index (χ3n) is 2.91. The molecule has 0 saturated carbocycles. The van der Waals surface area contributed by atoms with Gasteiger partial charge in [-0.15, -0.1) is 0 Å². The fourth-order valence-corrected chi connectivity index (χ4v) is 2.70. The summed E-state index contributed by atoms with van der Waals surface area (Å²) in [5, 5.41) is 7.76. The fourth-order valence-electron chi connectivity index (χ4n) is 1.90. The molecule has 112 valence electrons. The van der Waals surface area contributed by atoms with E-state index in [-0.39, 0.29) is 10.8 Å². The SMILES string of the molecule is Cc1c(NC(=O)[C@@H](N)CC(C)C)cccc1S(N)(=O)=O. The number of anilines is 1. The summed E-state index contributed by atoms with van der Waals surface area (Å²) >= 11 is 0. The lowest BCUT2D eigenvalue weighted by molar-refractivity contribution is -0.117. The standard InChI is InChI=1S/C13H21N3O3S/c1-8(2)7-10(14)13(17)16-11-5-4-6-12(9(11)3)20(15,18)19/h4-6,8,10H,7,14H2,1-3H3,(H,16,17)(H2,15,18,19)/t10-/m0/s1. The van der Waals surface area contributed by atoms with Crippen LogP contribution in [-0.4, -0.2) is 20.4 Å². The van der Waals surface area contributed by atoms with Gasteiger partial charge in [0.2, 0.25) is 15.9 Å². The van der Waals surface area contributed by atoms with Crippen LogP contribution in [0.25, 0.3) is 0 Å². The summed E-state index contributed by atoms with van der Waals surface area (Å²) in [6.07, 6.45) is 0.555. The van der Waals surface area contributed by atoms with E-state index in [0.717, 1.165) is 0 Å². The summed E-state index contributed by atoms with van der Waals surface area (Å²) in [6.45, 7) is 5.53. The van der Waals surface area contributed by atoms with Crippen molar-refractivity contribution in [1.29, 1.82) is 0 Å². The Balaban J connectivity index is 2.97. The van der Waals surface area contributed by atoms with Crippen LogP contribution in [0.3, 0.4) is 0 Å². The van der Waals surface area contributed by atoms with Gasteiger partial charge in [0.1, 0.15) is 0 Å². The van der Waals surface area contributed by atoms with Gasteiger partial charge in [0.05, 0.1) is 10.9 Å². The molecule has 0 saturated heterocycles. The van der Waals surface area contributed by atoms with Crippen molar-refractivity contribution in [2.24, 2.45) is 16.8 Å². The van der Waals surface area contributed by atoms with E-state index in [9.17, 15) is 13.2 Å². The van der Waals surface area contributed by atoms with Crippen LogP contribution in [0.1, 0.15) is 25.8 Å². The minimum atomic E-state index is -3.81. The molecule has 0 bridgehead atoms. The Kier molecular flexibility index (Phi) is 5.27. The number of primary sulfonamides is 1. The summed E-state index contributed by atoms with van der Waals surface area (Å²) < 4.78 is 22.8. The molecule has 0 spiro atoms. The third kappa shape index (κ3) is 4.29. The smallest absolute Gasteiger partial charge is 0.241 e. The van der Waals surface area contributed by atoms with Crippen molar-refractivity contribution in [3.05, 3.63) is 23.8 Å². The first-order chi connectivity index (χ1) is 9.12. The van der Waals surface area contributed by atoms with Gasteiger partial charge in [-0.1, -0.05) is 19.9 Å². The summed E-state index contributed by atoms with van der Waals surface area (Å²) in [4.78, 5) is 11.9. The van der Waals surface area contributed by atoms with Gasteiger partial charge >= 0.3 is 0 Å². The van der Waals surface area contributed by atoms with Crippen molar-refractivity contribution in [3.8, 4) is 0 Å². The highest BCUT2D eigenvalue weighted by atomic mass is 32.2. The molecule has 1 aromatic carbocycles. The van der Waals surface area contributed by atoms with Gasteiger partial charge in [-0.05, 0) is 37.0 Å². The molecular weight excluding hydrogens is 278 g/mol. The van der Waals surface area contributed by atoms with Crippen molar-refractivity contribution < 1.29 is 13.2 Å². The van der Waals surface area contributed by atoms with E-state index < -0.39 is 16.1 Å². The van der Waals surface area contributed by atoms with Crippen LogP contribution in [0, 0.1) is 12.8 Å². The van der Waals surface area contributed by atoms with Crippen LogP contribution >= 0.6 is 0 Å². The molecule has 0 aromatic heterocycles. The average Bonchev–Trinajstić information content (AvgIpc) is 2.29. The predicted octanol–water partition coefficient (Wildman–Crippen LogP) is 0.954. The Hall–Kier alpha value is -1.44. The number of nitrogens with one attached hydrogen (secondary N) is 1. The highest BCUT2D eigenvalue weighted by Gasteiger charge is 2.18. The Morgan fingerprint density at radius 2 is 1.95 bits per heavy atom. The predicted molar refractivity (Wildman–Crippen MR) is 78.6 cm³/mol. The number of nitrogens with two attached hydrogens (primary N) is 2. The van der Waals surface area contributed by atoms with Crippen molar-refractivity contribution in [3.63, 3.8) is 0 Å². The van der Waals surface area contributed by atoms with E-state index in [2.05, 4.69) is 5.32 Å². The van der Waals surface area contributed by atoms with Crippen molar-refractivity contribution in [2.75, 3.05) is 5.32 Å². The quantitative estimate of drug-likeness (QED) is 0.750. The Morgan fingerprint density at radius 1 is 1.35 bits per heavy atom. The van der Waals surface area contributed by atoms with Crippen LogP contribution < -0.4 is 16.2 Å². The number of carbonyl (C=O) groups is 1. The Bertz CT molecular complexity index is 597. The van der Waals surface area contributed by atoms with E-state index in [1.807, 2.05) is 13.8 Å². The molecule has 0 unspecified atom stereocenters. The van der Waals surface area contributed by atoms with E-state index in [1.165, 1.54) is 12.1 Å². The van der Waals surface area contributed by atoms with E-state index in [4.69, 9.17) is 10.9 Å². The molecule has 0 aliphatic heterocycles. The Labute approximate surface area is 119 Å². The zero-order valence-electron chi connectivity index (χ0n) is 11.9. The summed E-state index contributed by atoms with van der Waals surface area (Å²) in [7, 11) is -3.81. The number of amides is 1. The highest BCUT2D eigenvalue weighted by Crippen LogP contribution is 2.22. The second-order valence-corrected chi connectivity index (χ2v) is 6.73. The van der Waals surface area contributed by atoms with Crippen LogP contribution in [0.2, 0.25) is 0 Å². The van der Waals surface area contributed by atoms with Gasteiger partial charge in [-0.25, -0.2) is 13.6 Å². The minimum absolute atomic E-state index is 0.00673. The van der Waals surface area contributed by atoms with Crippen LogP contribution in [-0.2, 0) is 14.8 Å². The molecule has 0 aliphatic carbocycles. The van der Waals surface area contributed by atoms with Gasteiger partial charge in [0.25, 0.3) is 0 Å². The van der Waals surface area contributed by atoms with Gasteiger partial charge in [0.15, 0.2) is 0 Å². The van der Waals surface area contributed by atoms with E-state index in [1.54, 1.807) is 13.0 Å². The summed E-state index contributed by atoms with van der Waals surface area (Å²) in [5.74, 6) is -0.0408. The molecule has 20 heavy (non-hydrogen) atoms. The molecule has 6 nitrogen and oxygen atoms in total. The molecule has 7 heteroatoms. The fraction of sp³-hybridized carbons (Fsp3) is 0.462. The lowest BCUT2D eigenvalue weighted by Gasteiger charge is -2.16. The van der Waals surface area contributed by atoms with Gasteiger partial charge in [-0.3, -0.25) is 4.79 Å². The van der Waals surface area contributed by atoms with E-state index in [0.29, 0.717) is 23.6 Å². The molecule has 0 heterocycles. The Morgan fingerprint density at radius 3 is 2.45 bits per heavy atom. The number of benzene rings is 1. The maximum Gasteiger partial charge on any atom is 0.241 e. The zero-order chi connectivity index (χ0) is 15.5. The summed E-state index contributed by atoms with van der Waals surface area (Å²) in [6, 6.07) is 3.90. The molecule has 0 aliphatic rings. The van der Waals surface area contributed by atoms with Crippen LogP contribution in [0.5, 0.6) is 0 Å². The normalized spacial score (nSPS) is 13.3. The lowest BCUT2D eigenvalue weighted by Crippen LogP contribution is -2.36. The highest BCUT2D eigenvalue weighted by molar-refractivity contribution is 7.89. The van der Waals surface area contributed by atoms with Gasteiger partial charge in [0, 0.05) is 5.69 Å². The molecule has 1 rings (SSSR count). The summed E-state index contributed by atoms with van der Waals surface area (Å²) in [5.41, 5.74) is 6.59. The molecule has 1 amide bonds.